The fourth-order valence-corrected chi connectivity index (χ4v) is 2.89. The number of rotatable bonds is 5. The third-order valence-corrected chi connectivity index (χ3v) is 4.13. The molecule has 1 aliphatic rings. The number of nitrogens with zero attached hydrogens (tertiary/aromatic N) is 1. The van der Waals surface area contributed by atoms with E-state index in [1.165, 1.54) is 11.3 Å². The minimum Gasteiger partial charge on any atom is -0.384 e. The highest BCUT2D eigenvalue weighted by molar-refractivity contribution is 7.12. The fraction of sp³-hybridized carbons (Fsp3) is 0.533. The Bertz CT molecular complexity index is 512. The largest absolute Gasteiger partial charge is 0.384 e. The van der Waals surface area contributed by atoms with Crippen molar-refractivity contribution in [3.8, 4) is 11.8 Å². The maximum absolute atomic E-state index is 12.1. The number of hydrogen-bond donors (Lipinski definition) is 2. The molecule has 2 heterocycles. The Morgan fingerprint density at radius 3 is 3.05 bits per heavy atom. The zero-order valence-electron chi connectivity index (χ0n) is 11.9. The number of carbonyl (C=O) groups excluding carboxylic acids is 1. The van der Waals surface area contributed by atoms with E-state index in [4.69, 9.17) is 9.84 Å². The maximum atomic E-state index is 12.1. The van der Waals surface area contributed by atoms with E-state index in [2.05, 4.69) is 22.1 Å². The van der Waals surface area contributed by atoms with Crippen molar-refractivity contribution in [1.82, 2.24) is 10.2 Å². The fourth-order valence-electron chi connectivity index (χ4n) is 2.13. The molecule has 5 nitrogen and oxygen atoms in total. The summed E-state index contributed by atoms with van der Waals surface area (Å²) in [6.45, 7) is 4.98. The Morgan fingerprint density at radius 2 is 2.29 bits per heavy atom. The zero-order chi connectivity index (χ0) is 14.9. The summed E-state index contributed by atoms with van der Waals surface area (Å²) in [5, 5.41) is 13.5. The molecule has 0 spiro atoms. The molecule has 6 heteroatoms. The standard InChI is InChI=1S/C15H20N2O3S/c18-9-1-3-13-4-12-21-14(13)15(19)16-5-2-6-17-7-10-20-11-8-17/h4,12,18H,2,5-11H2,(H,16,19). The summed E-state index contributed by atoms with van der Waals surface area (Å²) >= 11 is 1.37. The predicted molar refractivity (Wildman–Crippen MR) is 82.5 cm³/mol. The van der Waals surface area contributed by atoms with E-state index in [1.54, 1.807) is 6.07 Å². The van der Waals surface area contributed by atoms with Crippen molar-refractivity contribution >= 4 is 17.2 Å². The number of hydrogen-bond acceptors (Lipinski definition) is 5. The molecule has 0 atom stereocenters. The van der Waals surface area contributed by atoms with Gasteiger partial charge < -0.3 is 15.2 Å². The highest BCUT2D eigenvalue weighted by Crippen LogP contribution is 2.15. The molecule has 0 aromatic carbocycles. The number of thiophene rings is 1. The molecule has 0 unspecified atom stereocenters. The van der Waals surface area contributed by atoms with Gasteiger partial charge >= 0.3 is 0 Å². The first-order valence-corrected chi connectivity index (χ1v) is 7.94. The smallest absolute Gasteiger partial charge is 0.262 e. The minimum absolute atomic E-state index is 0.0887. The first-order valence-electron chi connectivity index (χ1n) is 7.07. The van der Waals surface area contributed by atoms with Crippen LogP contribution in [0.1, 0.15) is 21.7 Å². The van der Waals surface area contributed by atoms with Crippen LogP contribution in [-0.4, -0.2) is 61.9 Å². The molecule has 0 radical (unpaired) electrons. The number of amides is 1. The van der Waals surface area contributed by atoms with E-state index in [1.807, 2.05) is 5.38 Å². The lowest BCUT2D eigenvalue weighted by Crippen LogP contribution is -2.38. The van der Waals surface area contributed by atoms with Gasteiger partial charge in [0.05, 0.1) is 13.2 Å². The number of ether oxygens (including phenoxy) is 1. The Labute approximate surface area is 128 Å². The van der Waals surface area contributed by atoms with Crippen molar-refractivity contribution in [1.29, 1.82) is 0 Å². The quantitative estimate of drug-likeness (QED) is 0.616. The molecule has 0 bridgehead atoms. The summed E-state index contributed by atoms with van der Waals surface area (Å²) in [4.78, 5) is 15.0. The van der Waals surface area contributed by atoms with Crippen molar-refractivity contribution in [3.05, 3.63) is 21.9 Å². The molecule has 1 saturated heterocycles. The van der Waals surface area contributed by atoms with Gasteiger partial charge in [-0.1, -0.05) is 11.8 Å². The lowest BCUT2D eigenvalue weighted by atomic mass is 10.2. The van der Waals surface area contributed by atoms with Crippen LogP contribution in [0.3, 0.4) is 0 Å². The molecule has 2 N–H and O–H groups in total. The van der Waals surface area contributed by atoms with Crippen LogP contribution in [0.2, 0.25) is 0 Å². The van der Waals surface area contributed by atoms with Crippen LogP contribution in [0.15, 0.2) is 11.4 Å². The molecule has 1 fully saturated rings. The average molecular weight is 308 g/mol. The Hall–Kier alpha value is -1.39. The van der Waals surface area contributed by atoms with Gasteiger partial charge in [-0.25, -0.2) is 0 Å². The van der Waals surface area contributed by atoms with Crippen molar-refractivity contribution in [2.75, 3.05) is 46.0 Å². The van der Waals surface area contributed by atoms with Crippen LogP contribution < -0.4 is 5.32 Å². The van der Waals surface area contributed by atoms with Gasteiger partial charge in [-0.05, 0) is 24.4 Å². The Balaban J connectivity index is 1.73. The third-order valence-electron chi connectivity index (χ3n) is 3.21. The molecular formula is C15H20N2O3S. The number of nitrogens with one attached hydrogen (secondary N) is 1. The van der Waals surface area contributed by atoms with E-state index in [0.717, 1.165) is 39.3 Å². The number of morpholine rings is 1. The predicted octanol–water partition coefficient (Wildman–Crippen LogP) is 0.544. The molecule has 0 saturated carbocycles. The summed E-state index contributed by atoms with van der Waals surface area (Å²) in [7, 11) is 0. The monoisotopic (exact) mass is 308 g/mol. The average Bonchev–Trinajstić information content (AvgIpc) is 2.99. The second-order valence-corrected chi connectivity index (χ2v) is 5.60. The van der Waals surface area contributed by atoms with Crippen LogP contribution in [0.25, 0.3) is 0 Å². The van der Waals surface area contributed by atoms with Gasteiger partial charge in [0.25, 0.3) is 5.91 Å². The molecule has 21 heavy (non-hydrogen) atoms. The molecular weight excluding hydrogens is 288 g/mol. The van der Waals surface area contributed by atoms with Crippen LogP contribution in [0.4, 0.5) is 0 Å². The molecule has 2 rings (SSSR count). The molecule has 1 aliphatic heterocycles. The summed E-state index contributed by atoms with van der Waals surface area (Å²) < 4.78 is 5.30. The topological polar surface area (TPSA) is 61.8 Å². The summed E-state index contributed by atoms with van der Waals surface area (Å²) in [6, 6.07) is 1.80. The lowest BCUT2D eigenvalue weighted by molar-refractivity contribution is 0.0374. The second-order valence-electron chi connectivity index (χ2n) is 4.69. The summed E-state index contributed by atoms with van der Waals surface area (Å²) in [5.74, 6) is 5.27. The first kappa shape index (κ1) is 16.0. The maximum Gasteiger partial charge on any atom is 0.262 e. The van der Waals surface area contributed by atoms with Crippen LogP contribution >= 0.6 is 11.3 Å². The van der Waals surface area contributed by atoms with E-state index in [-0.39, 0.29) is 12.5 Å². The lowest BCUT2D eigenvalue weighted by Gasteiger charge is -2.26. The zero-order valence-corrected chi connectivity index (χ0v) is 12.7. The Kier molecular flexibility index (Phi) is 6.70. The van der Waals surface area contributed by atoms with Crippen LogP contribution in [0, 0.1) is 11.8 Å². The second kappa shape index (κ2) is 8.80. The summed E-state index contributed by atoms with van der Waals surface area (Å²) in [5.41, 5.74) is 0.680. The third kappa shape index (κ3) is 5.14. The van der Waals surface area contributed by atoms with Gasteiger partial charge in [0.2, 0.25) is 0 Å². The molecule has 0 aliphatic carbocycles. The van der Waals surface area contributed by atoms with Crippen molar-refractivity contribution < 1.29 is 14.6 Å². The van der Waals surface area contributed by atoms with Crippen molar-refractivity contribution in [2.45, 2.75) is 6.42 Å². The van der Waals surface area contributed by atoms with E-state index in [0.29, 0.717) is 17.0 Å². The van der Waals surface area contributed by atoms with Crippen LogP contribution in [0.5, 0.6) is 0 Å². The highest BCUT2D eigenvalue weighted by Gasteiger charge is 2.12. The normalized spacial score (nSPS) is 15.3. The number of carbonyl (C=O) groups is 1. The number of aliphatic hydroxyl groups excluding tert-OH is 1. The highest BCUT2D eigenvalue weighted by atomic mass is 32.1. The van der Waals surface area contributed by atoms with Gasteiger partial charge in [-0.15, -0.1) is 11.3 Å². The minimum atomic E-state index is -0.198. The summed E-state index contributed by atoms with van der Waals surface area (Å²) in [6.07, 6.45) is 0.925. The first-order chi connectivity index (χ1) is 10.3. The van der Waals surface area contributed by atoms with E-state index < -0.39 is 0 Å². The Morgan fingerprint density at radius 1 is 1.48 bits per heavy atom. The van der Waals surface area contributed by atoms with Gasteiger partial charge in [-0.2, -0.15) is 0 Å². The van der Waals surface area contributed by atoms with E-state index >= 15 is 0 Å². The molecule has 1 amide bonds. The van der Waals surface area contributed by atoms with Gasteiger partial charge in [-0.3, -0.25) is 9.69 Å². The van der Waals surface area contributed by atoms with Crippen molar-refractivity contribution in [2.24, 2.45) is 0 Å². The van der Waals surface area contributed by atoms with Crippen LogP contribution in [-0.2, 0) is 4.74 Å². The van der Waals surface area contributed by atoms with Gasteiger partial charge in [0.15, 0.2) is 0 Å². The van der Waals surface area contributed by atoms with Gasteiger partial charge in [0, 0.05) is 25.2 Å². The molecule has 114 valence electrons. The number of aliphatic hydroxyl groups is 1. The van der Waals surface area contributed by atoms with E-state index in [9.17, 15) is 4.79 Å². The molecule has 1 aromatic rings. The van der Waals surface area contributed by atoms with Crippen molar-refractivity contribution in [3.63, 3.8) is 0 Å². The molecule has 1 aromatic heterocycles. The SMILES string of the molecule is O=C(NCCCN1CCOCC1)c1sccc1C#CCO. The van der Waals surface area contributed by atoms with Gasteiger partial charge in [0.1, 0.15) is 11.5 Å².